The number of amides is 2. The van der Waals surface area contributed by atoms with Crippen LogP contribution >= 0.6 is 0 Å². The molecule has 0 radical (unpaired) electrons. The molecule has 1 rings (SSSR count). The summed E-state index contributed by atoms with van der Waals surface area (Å²) in [4.78, 5) is 41.2. The van der Waals surface area contributed by atoms with Crippen LogP contribution in [0.15, 0.2) is 23.2 Å². The molecule has 0 N–H and O–H groups in total. The molecule has 2 amide bonds. The molecule has 0 aliphatic rings. The molecular formula is C23H35N3O7. The molecule has 0 unspecified atom stereocenters. The van der Waals surface area contributed by atoms with Gasteiger partial charge in [-0.05, 0) is 53.7 Å². The van der Waals surface area contributed by atoms with E-state index < -0.39 is 23.4 Å². The van der Waals surface area contributed by atoms with Crippen LogP contribution in [0.5, 0.6) is 11.5 Å². The highest BCUT2D eigenvalue weighted by atomic mass is 16.6. The minimum atomic E-state index is -0.596. The number of aliphatic imine (C=N–C) groups is 1. The second-order valence-electron chi connectivity index (χ2n) is 9.33. The molecule has 0 aromatic heterocycles. The van der Waals surface area contributed by atoms with Gasteiger partial charge in [0.2, 0.25) is 6.08 Å². The molecular weight excluding hydrogens is 430 g/mol. The van der Waals surface area contributed by atoms with Crippen molar-refractivity contribution in [1.29, 1.82) is 0 Å². The van der Waals surface area contributed by atoms with Gasteiger partial charge in [-0.2, -0.15) is 4.99 Å². The van der Waals surface area contributed by atoms with Gasteiger partial charge in [0.1, 0.15) is 41.6 Å². The van der Waals surface area contributed by atoms with Gasteiger partial charge in [-0.1, -0.05) is 0 Å². The average Bonchev–Trinajstić information content (AvgIpc) is 2.67. The van der Waals surface area contributed by atoms with Gasteiger partial charge in [-0.3, -0.25) is 0 Å². The van der Waals surface area contributed by atoms with Crippen molar-refractivity contribution in [3.63, 3.8) is 0 Å². The third-order valence-electron chi connectivity index (χ3n) is 3.89. The van der Waals surface area contributed by atoms with Gasteiger partial charge in [0.05, 0.1) is 13.1 Å². The van der Waals surface area contributed by atoms with Gasteiger partial charge >= 0.3 is 12.2 Å². The van der Waals surface area contributed by atoms with E-state index >= 15 is 0 Å². The summed E-state index contributed by atoms with van der Waals surface area (Å²) in [5, 5.41) is 0. The standard InChI is InChI=1S/C23H35N3O7/c1-22(2,3)32-20(28)25(7)11-13-30-17-9-10-18(24-16-27)19(15-17)31-14-12-26(8)21(29)33-23(4,5)6/h9-10,15H,11-14H2,1-8H3. The molecule has 0 fully saturated rings. The Labute approximate surface area is 195 Å². The average molecular weight is 466 g/mol. The zero-order valence-electron chi connectivity index (χ0n) is 20.8. The smallest absolute Gasteiger partial charge is 0.410 e. The predicted molar refractivity (Wildman–Crippen MR) is 123 cm³/mol. The van der Waals surface area contributed by atoms with Crippen molar-refractivity contribution >= 4 is 24.0 Å². The zero-order chi connectivity index (χ0) is 25.2. The predicted octanol–water partition coefficient (Wildman–Crippen LogP) is 4.15. The van der Waals surface area contributed by atoms with E-state index in [0.29, 0.717) is 18.0 Å². The molecule has 0 saturated carbocycles. The number of benzene rings is 1. The molecule has 0 aliphatic carbocycles. The fraction of sp³-hybridized carbons (Fsp3) is 0.609. The van der Waals surface area contributed by atoms with E-state index in [1.165, 1.54) is 15.9 Å². The van der Waals surface area contributed by atoms with E-state index in [9.17, 15) is 14.4 Å². The number of carbonyl (C=O) groups is 2. The van der Waals surface area contributed by atoms with Gasteiger partial charge in [0, 0.05) is 20.2 Å². The summed E-state index contributed by atoms with van der Waals surface area (Å²) in [5.74, 6) is 0.766. The summed E-state index contributed by atoms with van der Waals surface area (Å²) in [5.41, 5.74) is -0.894. The molecule has 0 heterocycles. The van der Waals surface area contributed by atoms with Crippen molar-refractivity contribution in [3.8, 4) is 11.5 Å². The first-order chi connectivity index (χ1) is 15.2. The number of hydrogen-bond acceptors (Lipinski definition) is 8. The maximum atomic E-state index is 12.0. The summed E-state index contributed by atoms with van der Waals surface area (Å²) in [7, 11) is 3.22. The molecule has 0 saturated heterocycles. The Morgan fingerprint density at radius 1 is 0.879 bits per heavy atom. The first-order valence-electron chi connectivity index (χ1n) is 10.6. The lowest BCUT2D eigenvalue weighted by atomic mass is 10.2. The van der Waals surface area contributed by atoms with Gasteiger partial charge in [-0.25, -0.2) is 14.4 Å². The maximum Gasteiger partial charge on any atom is 0.410 e. The van der Waals surface area contributed by atoms with Crippen LogP contribution in [0.1, 0.15) is 41.5 Å². The van der Waals surface area contributed by atoms with Crippen molar-refractivity contribution < 1.29 is 33.3 Å². The Morgan fingerprint density at radius 2 is 1.36 bits per heavy atom. The zero-order valence-corrected chi connectivity index (χ0v) is 20.8. The summed E-state index contributed by atoms with van der Waals surface area (Å²) in [6.07, 6.45) is 0.574. The highest BCUT2D eigenvalue weighted by Gasteiger charge is 2.20. The van der Waals surface area contributed by atoms with Crippen molar-refractivity contribution in [2.24, 2.45) is 4.99 Å². The van der Waals surface area contributed by atoms with Crippen LogP contribution in [-0.4, -0.2) is 79.7 Å². The third-order valence-corrected chi connectivity index (χ3v) is 3.89. The number of carbonyl (C=O) groups excluding carboxylic acids is 3. The Bertz CT molecular complexity index is 853. The molecule has 10 nitrogen and oxygen atoms in total. The fourth-order valence-electron chi connectivity index (χ4n) is 2.30. The monoisotopic (exact) mass is 465 g/mol. The minimum absolute atomic E-state index is 0.141. The van der Waals surface area contributed by atoms with E-state index in [-0.39, 0.29) is 25.4 Å². The van der Waals surface area contributed by atoms with Gasteiger partial charge in [-0.15, -0.1) is 0 Å². The first kappa shape index (κ1) is 27.8. The Hall–Kier alpha value is -3.26. The normalized spacial score (nSPS) is 11.2. The summed E-state index contributed by atoms with van der Waals surface area (Å²) in [6.45, 7) is 11.7. The SMILES string of the molecule is CN(CCOc1ccc(N=C=O)c(OCCN(C)C(=O)OC(C)(C)C)c1)C(=O)OC(C)(C)C. The van der Waals surface area contributed by atoms with Crippen molar-refractivity contribution in [3.05, 3.63) is 18.2 Å². The highest BCUT2D eigenvalue weighted by Crippen LogP contribution is 2.31. The largest absolute Gasteiger partial charge is 0.492 e. The number of rotatable bonds is 9. The first-order valence-corrected chi connectivity index (χ1v) is 10.6. The molecule has 0 aliphatic heterocycles. The molecule has 1 aromatic rings. The topological polar surface area (TPSA) is 107 Å². The van der Waals surface area contributed by atoms with Crippen LogP contribution < -0.4 is 9.47 Å². The quantitative estimate of drug-likeness (QED) is 0.398. The van der Waals surface area contributed by atoms with Crippen LogP contribution in [-0.2, 0) is 14.3 Å². The second kappa shape index (κ2) is 12.1. The van der Waals surface area contributed by atoms with Crippen LogP contribution in [0.3, 0.4) is 0 Å². The summed E-state index contributed by atoms with van der Waals surface area (Å²) < 4.78 is 22.0. The summed E-state index contributed by atoms with van der Waals surface area (Å²) in [6, 6.07) is 4.77. The Balaban J connectivity index is 2.68. The fourth-order valence-corrected chi connectivity index (χ4v) is 2.30. The number of hydrogen-bond donors (Lipinski definition) is 0. The van der Waals surface area contributed by atoms with Crippen molar-refractivity contribution in [2.45, 2.75) is 52.7 Å². The molecule has 0 atom stereocenters. The van der Waals surface area contributed by atoms with Gasteiger partial charge in [0.15, 0.2) is 0 Å². The maximum absolute atomic E-state index is 12.0. The van der Waals surface area contributed by atoms with Crippen LogP contribution in [0.4, 0.5) is 15.3 Å². The molecule has 0 bridgehead atoms. The number of isocyanates is 1. The van der Waals surface area contributed by atoms with Crippen LogP contribution in [0, 0.1) is 0 Å². The number of ether oxygens (including phenoxy) is 4. The van der Waals surface area contributed by atoms with E-state index in [1.807, 2.05) is 0 Å². The number of likely N-dealkylation sites (N-methyl/N-ethyl adjacent to an activating group) is 2. The molecule has 1 aromatic carbocycles. The highest BCUT2D eigenvalue weighted by molar-refractivity contribution is 5.68. The molecule has 184 valence electrons. The van der Waals surface area contributed by atoms with E-state index in [2.05, 4.69) is 4.99 Å². The van der Waals surface area contributed by atoms with Crippen molar-refractivity contribution in [2.75, 3.05) is 40.4 Å². The molecule has 10 heteroatoms. The second-order valence-corrected chi connectivity index (χ2v) is 9.33. The van der Waals surface area contributed by atoms with E-state index in [1.54, 1.807) is 73.8 Å². The Kier molecular flexibility index (Phi) is 10.2. The van der Waals surface area contributed by atoms with Gasteiger partial charge in [0.25, 0.3) is 0 Å². The van der Waals surface area contributed by atoms with Gasteiger partial charge < -0.3 is 28.7 Å². The molecule has 33 heavy (non-hydrogen) atoms. The third kappa shape index (κ3) is 11.2. The van der Waals surface area contributed by atoms with E-state index in [0.717, 1.165) is 0 Å². The lowest BCUT2D eigenvalue weighted by Crippen LogP contribution is -2.36. The number of nitrogens with zero attached hydrogens (tertiary/aromatic N) is 3. The minimum Gasteiger partial charge on any atom is -0.492 e. The van der Waals surface area contributed by atoms with E-state index in [4.69, 9.17) is 18.9 Å². The van der Waals surface area contributed by atoms with Crippen LogP contribution in [0.2, 0.25) is 0 Å². The lowest BCUT2D eigenvalue weighted by Gasteiger charge is -2.25. The summed E-state index contributed by atoms with van der Waals surface area (Å²) >= 11 is 0. The molecule has 0 spiro atoms. The Morgan fingerprint density at radius 3 is 1.82 bits per heavy atom. The lowest BCUT2D eigenvalue weighted by molar-refractivity contribution is 0.0270. The van der Waals surface area contributed by atoms with Crippen molar-refractivity contribution in [1.82, 2.24) is 9.80 Å². The van der Waals surface area contributed by atoms with Crippen LogP contribution in [0.25, 0.3) is 0 Å².